The molecule has 0 aliphatic carbocycles. The van der Waals surface area contributed by atoms with Gasteiger partial charge in [0.05, 0.1) is 6.42 Å². The molecule has 2 aromatic carbocycles. The monoisotopic (exact) mass is 337 g/mol. The van der Waals surface area contributed by atoms with Crippen molar-refractivity contribution in [2.75, 3.05) is 38.5 Å². The van der Waals surface area contributed by atoms with Gasteiger partial charge in [-0.2, -0.15) is 0 Å². The summed E-state index contributed by atoms with van der Waals surface area (Å²) in [6, 6.07) is 16.7. The van der Waals surface area contributed by atoms with E-state index in [4.69, 9.17) is 0 Å². The zero-order valence-corrected chi connectivity index (χ0v) is 14.4. The maximum atomic E-state index is 12.5. The molecular formula is C20H23N3O2. The van der Waals surface area contributed by atoms with Gasteiger partial charge in [-0.3, -0.25) is 9.59 Å². The zero-order valence-electron chi connectivity index (χ0n) is 14.4. The van der Waals surface area contributed by atoms with E-state index in [0.717, 1.165) is 31.7 Å². The average molecular weight is 337 g/mol. The van der Waals surface area contributed by atoms with E-state index in [2.05, 4.69) is 17.3 Å². The van der Waals surface area contributed by atoms with E-state index in [-0.39, 0.29) is 11.8 Å². The van der Waals surface area contributed by atoms with E-state index < -0.39 is 0 Å². The van der Waals surface area contributed by atoms with Crippen molar-refractivity contribution in [1.82, 2.24) is 9.80 Å². The van der Waals surface area contributed by atoms with Crippen molar-refractivity contribution in [3.05, 3.63) is 65.7 Å². The molecule has 0 spiro atoms. The fraction of sp³-hybridized carbons (Fsp3) is 0.300. The summed E-state index contributed by atoms with van der Waals surface area (Å²) in [4.78, 5) is 28.7. The molecule has 2 aromatic rings. The maximum absolute atomic E-state index is 12.5. The van der Waals surface area contributed by atoms with E-state index in [1.807, 2.05) is 35.2 Å². The molecular weight excluding hydrogens is 314 g/mol. The number of likely N-dealkylation sites (N-methyl/N-ethyl adjacent to an activating group) is 1. The van der Waals surface area contributed by atoms with Gasteiger partial charge >= 0.3 is 0 Å². The topological polar surface area (TPSA) is 52.6 Å². The van der Waals surface area contributed by atoms with Gasteiger partial charge in [-0.1, -0.05) is 30.3 Å². The third kappa shape index (κ3) is 4.67. The summed E-state index contributed by atoms with van der Waals surface area (Å²) in [6.45, 7) is 3.31. The lowest BCUT2D eigenvalue weighted by atomic mass is 10.1. The number of carbonyl (C=O) groups is 2. The highest BCUT2D eigenvalue weighted by molar-refractivity contribution is 5.96. The van der Waals surface area contributed by atoms with Crippen LogP contribution in [0, 0.1) is 0 Å². The number of rotatable bonds is 4. The lowest BCUT2D eigenvalue weighted by molar-refractivity contribution is -0.115. The van der Waals surface area contributed by atoms with Gasteiger partial charge in [0.25, 0.3) is 5.91 Å². The molecule has 0 radical (unpaired) electrons. The molecule has 3 rings (SSSR count). The van der Waals surface area contributed by atoms with Crippen LogP contribution in [0.2, 0.25) is 0 Å². The Morgan fingerprint density at radius 1 is 0.920 bits per heavy atom. The molecule has 1 N–H and O–H groups in total. The van der Waals surface area contributed by atoms with E-state index in [0.29, 0.717) is 17.7 Å². The molecule has 1 aliphatic heterocycles. The van der Waals surface area contributed by atoms with Gasteiger partial charge < -0.3 is 15.1 Å². The number of hydrogen-bond acceptors (Lipinski definition) is 3. The van der Waals surface area contributed by atoms with Crippen LogP contribution in [0.15, 0.2) is 54.6 Å². The molecule has 5 heteroatoms. The summed E-state index contributed by atoms with van der Waals surface area (Å²) in [5.74, 6) is -0.0143. The number of carbonyl (C=O) groups excluding carboxylic acids is 2. The third-order valence-electron chi connectivity index (χ3n) is 4.41. The van der Waals surface area contributed by atoms with Crippen LogP contribution in [0.1, 0.15) is 15.9 Å². The minimum absolute atomic E-state index is 0.0512. The van der Waals surface area contributed by atoms with Crippen molar-refractivity contribution in [3.8, 4) is 0 Å². The Bertz CT molecular complexity index is 720. The fourth-order valence-electron chi connectivity index (χ4n) is 2.87. The van der Waals surface area contributed by atoms with E-state index in [1.54, 1.807) is 24.3 Å². The van der Waals surface area contributed by atoms with Crippen LogP contribution >= 0.6 is 0 Å². The number of anilines is 1. The predicted molar refractivity (Wildman–Crippen MR) is 98.6 cm³/mol. The zero-order chi connectivity index (χ0) is 17.6. The van der Waals surface area contributed by atoms with Crippen molar-refractivity contribution >= 4 is 17.5 Å². The summed E-state index contributed by atoms with van der Waals surface area (Å²) >= 11 is 0. The number of nitrogens with one attached hydrogen (secondary N) is 1. The molecule has 0 aromatic heterocycles. The summed E-state index contributed by atoms with van der Waals surface area (Å²) < 4.78 is 0. The number of benzene rings is 2. The molecule has 1 heterocycles. The predicted octanol–water partition coefficient (Wildman–Crippen LogP) is 2.26. The van der Waals surface area contributed by atoms with Gasteiger partial charge in [-0.05, 0) is 36.9 Å². The molecule has 130 valence electrons. The Labute approximate surface area is 148 Å². The molecule has 0 saturated carbocycles. The summed E-state index contributed by atoms with van der Waals surface area (Å²) in [6.07, 6.45) is 0.336. The van der Waals surface area contributed by atoms with Crippen LogP contribution in [0.4, 0.5) is 5.69 Å². The van der Waals surface area contributed by atoms with Crippen LogP contribution in [-0.2, 0) is 11.2 Å². The summed E-state index contributed by atoms with van der Waals surface area (Å²) in [7, 11) is 2.06. The van der Waals surface area contributed by atoms with Gasteiger partial charge in [-0.15, -0.1) is 0 Å². The smallest absolute Gasteiger partial charge is 0.253 e. The van der Waals surface area contributed by atoms with Crippen LogP contribution in [-0.4, -0.2) is 54.8 Å². The molecule has 5 nitrogen and oxygen atoms in total. The van der Waals surface area contributed by atoms with E-state index in [1.165, 1.54) is 0 Å². The maximum Gasteiger partial charge on any atom is 0.253 e. The van der Waals surface area contributed by atoms with Crippen LogP contribution in [0.3, 0.4) is 0 Å². The highest BCUT2D eigenvalue weighted by Gasteiger charge is 2.20. The molecule has 25 heavy (non-hydrogen) atoms. The third-order valence-corrected chi connectivity index (χ3v) is 4.41. The van der Waals surface area contributed by atoms with E-state index in [9.17, 15) is 9.59 Å². The Kier molecular flexibility index (Phi) is 5.46. The van der Waals surface area contributed by atoms with Crippen LogP contribution in [0.25, 0.3) is 0 Å². The first-order valence-corrected chi connectivity index (χ1v) is 8.53. The van der Waals surface area contributed by atoms with Crippen molar-refractivity contribution in [3.63, 3.8) is 0 Å². The minimum atomic E-state index is -0.0654. The molecule has 0 bridgehead atoms. The highest BCUT2D eigenvalue weighted by Crippen LogP contribution is 2.13. The second-order valence-corrected chi connectivity index (χ2v) is 6.38. The molecule has 1 aliphatic rings. The lowest BCUT2D eigenvalue weighted by Crippen LogP contribution is -2.47. The minimum Gasteiger partial charge on any atom is -0.336 e. The summed E-state index contributed by atoms with van der Waals surface area (Å²) in [5, 5.41) is 2.87. The Balaban J connectivity index is 1.56. The number of amides is 2. The number of hydrogen-bond donors (Lipinski definition) is 1. The second kappa shape index (κ2) is 7.94. The standard InChI is InChI=1S/C20H23N3O2/c1-22-11-13-23(14-12-22)20(25)17-7-9-18(10-8-17)21-19(24)15-16-5-3-2-4-6-16/h2-10H,11-15H2,1H3,(H,21,24). The Morgan fingerprint density at radius 3 is 2.20 bits per heavy atom. The van der Waals surface area contributed by atoms with Crippen molar-refractivity contribution in [1.29, 1.82) is 0 Å². The first-order valence-electron chi connectivity index (χ1n) is 8.53. The quantitative estimate of drug-likeness (QED) is 0.931. The van der Waals surface area contributed by atoms with Crippen LogP contribution < -0.4 is 5.32 Å². The number of nitrogens with zero attached hydrogens (tertiary/aromatic N) is 2. The lowest BCUT2D eigenvalue weighted by Gasteiger charge is -2.32. The average Bonchev–Trinajstić information content (AvgIpc) is 2.63. The molecule has 0 unspecified atom stereocenters. The first-order chi connectivity index (χ1) is 12.1. The molecule has 1 saturated heterocycles. The van der Waals surface area contributed by atoms with Gasteiger partial charge in [0.15, 0.2) is 0 Å². The summed E-state index contributed by atoms with van der Waals surface area (Å²) in [5.41, 5.74) is 2.34. The Morgan fingerprint density at radius 2 is 1.56 bits per heavy atom. The highest BCUT2D eigenvalue weighted by atomic mass is 16.2. The largest absolute Gasteiger partial charge is 0.336 e. The van der Waals surface area contributed by atoms with Crippen molar-refractivity contribution in [2.45, 2.75) is 6.42 Å². The van der Waals surface area contributed by atoms with Crippen LogP contribution in [0.5, 0.6) is 0 Å². The SMILES string of the molecule is CN1CCN(C(=O)c2ccc(NC(=O)Cc3ccccc3)cc2)CC1. The van der Waals surface area contributed by atoms with E-state index >= 15 is 0 Å². The number of piperazine rings is 1. The molecule has 1 fully saturated rings. The van der Waals surface area contributed by atoms with Gasteiger partial charge in [0.1, 0.15) is 0 Å². The first kappa shape index (κ1) is 17.2. The van der Waals surface area contributed by atoms with Gasteiger partial charge in [-0.25, -0.2) is 0 Å². The van der Waals surface area contributed by atoms with Crippen molar-refractivity contribution < 1.29 is 9.59 Å². The Hall–Kier alpha value is -2.66. The molecule has 2 amide bonds. The van der Waals surface area contributed by atoms with Gasteiger partial charge in [0, 0.05) is 37.4 Å². The second-order valence-electron chi connectivity index (χ2n) is 6.38. The van der Waals surface area contributed by atoms with Gasteiger partial charge in [0.2, 0.25) is 5.91 Å². The fourth-order valence-corrected chi connectivity index (χ4v) is 2.87. The molecule has 0 atom stereocenters. The van der Waals surface area contributed by atoms with Crippen molar-refractivity contribution in [2.24, 2.45) is 0 Å². The normalized spacial score (nSPS) is 15.0.